The number of fused-ring (bicyclic) bond motifs is 2. The number of anilines is 1. The molecule has 0 N–H and O–H groups in total. The highest BCUT2D eigenvalue weighted by atomic mass is 32.2. The smallest absolute Gasteiger partial charge is 0.323 e. The predicted molar refractivity (Wildman–Crippen MR) is 121 cm³/mol. The summed E-state index contributed by atoms with van der Waals surface area (Å²) >= 11 is 1.59. The van der Waals surface area contributed by atoms with E-state index >= 15 is 0 Å². The van der Waals surface area contributed by atoms with Crippen LogP contribution < -0.4 is 4.90 Å². The quantitative estimate of drug-likeness (QED) is 0.571. The average molecular weight is 423 g/mol. The third kappa shape index (κ3) is 4.06. The van der Waals surface area contributed by atoms with Crippen molar-refractivity contribution in [2.75, 3.05) is 18.1 Å². The second kappa shape index (κ2) is 9.14. The summed E-state index contributed by atoms with van der Waals surface area (Å²) in [6.07, 6.45) is 8.78. The molecule has 0 aromatic heterocycles. The first-order valence-electron chi connectivity index (χ1n) is 11.7. The van der Waals surface area contributed by atoms with Crippen LogP contribution in [-0.4, -0.2) is 19.1 Å². The summed E-state index contributed by atoms with van der Waals surface area (Å²) in [5.74, 6) is -0.989. The van der Waals surface area contributed by atoms with Crippen LogP contribution in [0.4, 0.5) is 5.69 Å². The Kier molecular flexibility index (Phi) is 5.58. The fourth-order valence-corrected chi connectivity index (χ4v) is 5.70. The highest BCUT2D eigenvalue weighted by molar-refractivity contribution is 8.03. The molecule has 30 heavy (non-hydrogen) atoms. The van der Waals surface area contributed by atoms with Crippen molar-refractivity contribution in [2.45, 2.75) is 38.0 Å². The molecule has 1 aliphatic heterocycles. The number of hydrogen-bond acceptors (Lipinski definition) is 5. The second-order valence-corrected chi connectivity index (χ2v) is 8.87. The minimum atomic E-state index is -0.759. The van der Waals surface area contributed by atoms with Crippen molar-refractivity contribution < 1.29 is 12.3 Å². The molecular weight excluding hydrogens is 392 g/mol. The highest BCUT2D eigenvalue weighted by Crippen LogP contribution is 2.47. The van der Waals surface area contributed by atoms with E-state index in [1.165, 1.54) is 5.57 Å². The zero-order valence-corrected chi connectivity index (χ0v) is 18.2. The van der Waals surface area contributed by atoms with E-state index in [-0.39, 0.29) is 18.4 Å². The average Bonchev–Trinajstić information content (AvgIpc) is 3.19. The molecule has 0 bridgehead atoms. The molecule has 156 valence electrons. The van der Waals surface area contributed by atoms with Gasteiger partial charge in [-0.25, -0.2) is 0 Å². The van der Waals surface area contributed by atoms with E-state index in [0.29, 0.717) is 18.0 Å². The summed E-state index contributed by atoms with van der Waals surface area (Å²) in [5.41, 5.74) is 2.11. The number of nitrogens with zero attached hydrogens (tertiary/aromatic N) is 2. The SMILES string of the molecule is [2H]/C(=C1/Sc2cccc([2H])c2N1CC)C1C=C2C=CC(C(C#N)C(=O)OCC)CC2CC1. The molecule has 0 radical (unpaired) electrons. The highest BCUT2D eigenvalue weighted by Gasteiger charge is 2.35. The molecule has 0 fully saturated rings. The van der Waals surface area contributed by atoms with Crippen LogP contribution >= 0.6 is 11.8 Å². The second-order valence-electron chi connectivity index (χ2n) is 7.84. The zero-order chi connectivity index (χ0) is 22.8. The van der Waals surface area contributed by atoms with Gasteiger partial charge in [-0.1, -0.05) is 42.1 Å². The summed E-state index contributed by atoms with van der Waals surface area (Å²) in [5, 5.41) is 10.4. The Labute approximate surface area is 186 Å². The van der Waals surface area contributed by atoms with E-state index in [4.69, 9.17) is 7.48 Å². The van der Waals surface area contributed by atoms with Crippen molar-refractivity contribution in [2.24, 2.45) is 23.7 Å². The monoisotopic (exact) mass is 422 g/mol. The number of nitriles is 1. The molecule has 5 heteroatoms. The number of allylic oxidation sites excluding steroid dienone is 5. The van der Waals surface area contributed by atoms with Gasteiger partial charge in [-0.3, -0.25) is 4.79 Å². The van der Waals surface area contributed by atoms with Crippen molar-refractivity contribution in [3.8, 4) is 6.07 Å². The molecule has 3 aliphatic rings. The van der Waals surface area contributed by atoms with Gasteiger partial charge < -0.3 is 9.64 Å². The first-order valence-corrected chi connectivity index (χ1v) is 11.5. The maximum Gasteiger partial charge on any atom is 0.323 e. The van der Waals surface area contributed by atoms with Gasteiger partial charge in [0.25, 0.3) is 0 Å². The number of benzene rings is 1. The third-order valence-electron chi connectivity index (χ3n) is 6.04. The lowest BCUT2D eigenvalue weighted by atomic mass is 9.71. The number of thioether (sulfide) groups is 1. The molecule has 2 aliphatic carbocycles. The van der Waals surface area contributed by atoms with Crippen LogP contribution in [0.25, 0.3) is 0 Å². The van der Waals surface area contributed by atoms with E-state index in [9.17, 15) is 10.1 Å². The summed E-state index contributed by atoms with van der Waals surface area (Å²) in [6, 6.07) is 8.96. The maximum absolute atomic E-state index is 12.2. The van der Waals surface area contributed by atoms with Gasteiger partial charge in [-0.2, -0.15) is 5.26 Å². The van der Waals surface area contributed by atoms with Gasteiger partial charge in [0.1, 0.15) is 5.92 Å². The molecule has 1 aromatic rings. The first kappa shape index (κ1) is 18.3. The topological polar surface area (TPSA) is 53.3 Å². The fourth-order valence-electron chi connectivity index (χ4n) is 4.54. The van der Waals surface area contributed by atoms with Crippen molar-refractivity contribution in [3.05, 3.63) is 59.1 Å². The lowest BCUT2D eigenvalue weighted by molar-refractivity contribution is -0.147. The van der Waals surface area contributed by atoms with Crippen LogP contribution in [0.1, 0.15) is 35.9 Å². The summed E-state index contributed by atoms with van der Waals surface area (Å²) in [7, 11) is 0. The first-order chi connectivity index (χ1) is 15.5. The van der Waals surface area contributed by atoms with Gasteiger partial charge in [-0.05, 0) is 68.7 Å². The van der Waals surface area contributed by atoms with Gasteiger partial charge in [0, 0.05) is 17.4 Å². The van der Waals surface area contributed by atoms with E-state index in [0.717, 1.165) is 41.4 Å². The number of rotatable bonds is 5. The summed E-state index contributed by atoms with van der Waals surface area (Å²) in [4.78, 5) is 15.3. The van der Waals surface area contributed by atoms with Crippen molar-refractivity contribution in [3.63, 3.8) is 0 Å². The lowest BCUT2D eigenvalue weighted by Gasteiger charge is -2.33. The molecule has 1 aromatic carbocycles. The van der Waals surface area contributed by atoms with Crippen LogP contribution in [0, 0.1) is 35.0 Å². The van der Waals surface area contributed by atoms with Gasteiger partial charge in [0.2, 0.25) is 0 Å². The van der Waals surface area contributed by atoms with E-state index in [1.54, 1.807) is 24.8 Å². The van der Waals surface area contributed by atoms with E-state index < -0.39 is 11.9 Å². The standard InChI is InChI=1S/C25H28N2O2S/c1-3-27-22-7-5-6-8-23(22)30-24(27)14-17-9-10-19-15-20(12-11-18(19)13-17)21(16-26)25(28)29-4-2/h5-8,11-14,17,19-21H,3-4,9-10,15H2,1-2H3/b24-14-/i7D,14D. The molecule has 0 spiro atoms. The van der Waals surface area contributed by atoms with Gasteiger partial charge in [0.15, 0.2) is 0 Å². The molecule has 0 saturated heterocycles. The number of carbonyl (C=O) groups is 1. The molecule has 4 unspecified atom stereocenters. The third-order valence-corrected chi connectivity index (χ3v) is 7.12. The minimum Gasteiger partial charge on any atom is -0.465 e. The Morgan fingerprint density at radius 2 is 2.37 bits per heavy atom. The maximum atomic E-state index is 12.2. The largest absolute Gasteiger partial charge is 0.465 e. The summed E-state index contributed by atoms with van der Waals surface area (Å²) < 4.78 is 22.3. The number of ether oxygens (including phenoxy) is 1. The number of carbonyl (C=O) groups excluding carboxylic acids is 1. The normalized spacial score (nSPS) is 28.4. The number of para-hydroxylation sites is 1. The molecule has 4 atom stereocenters. The fraction of sp³-hybridized carbons (Fsp3) is 0.440. The molecule has 4 rings (SSSR count). The molecule has 0 saturated carbocycles. The zero-order valence-electron chi connectivity index (χ0n) is 19.4. The lowest BCUT2D eigenvalue weighted by Crippen LogP contribution is -2.29. The van der Waals surface area contributed by atoms with Gasteiger partial charge >= 0.3 is 5.97 Å². The molecule has 1 heterocycles. The minimum absolute atomic E-state index is 0.0271. The van der Waals surface area contributed by atoms with Crippen LogP contribution in [0.15, 0.2) is 64.0 Å². The van der Waals surface area contributed by atoms with Gasteiger partial charge in [-0.15, -0.1) is 0 Å². The van der Waals surface area contributed by atoms with Crippen LogP contribution in [0.5, 0.6) is 0 Å². The van der Waals surface area contributed by atoms with Crippen molar-refractivity contribution in [1.82, 2.24) is 0 Å². The Morgan fingerprint density at radius 1 is 1.50 bits per heavy atom. The number of hydrogen-bond donors (Lipinski definition) is 0. The summed E-state index contributed by atoms with van der Waals surface area (Å²) in [6.45, 7) is 4.82. The van der Waals surface area contributed by atoms with E-state index in [1.807, 2.05) is 24.3 Å². The molecule has 0 amide bonds. The van der Waals surface area contributed by atoms with Crippen molar-refractivity contribution in [1.29, 1.82) is 5.26 Å². The Hall–Kier alpha value is -2.45. The Balaban J connectivity index is 1.57. The number of esters is 1. The van der Waals surface area contributed by atoms with Crippen LogP contribution in [0.3, 0.4) is 0 Å². The van der Waals surface area contributed by atoms with Crippen molar-refractivity contribution >= 4 is 23.4 Å². The van der Waals surface area contributed by atoms with Gasteiger partial charge in [0.05, 0.1) is 26.1 Å². The Morgan fingerprint density at radius 3 is 3.13 bits per heavy atom. The van der Waals surface area contributed by atoms with Crippen LogP contribution in [-0.2, 0) is 9.53 Å². The molecular formula is C25H28N2O2S. The Bertz CT molecular complexity index is 1040. The van der Waals surface area contributed by atoms with Crippen LogP contribution in [0.2, 0.25) is 0 Å². The predicted octanol–water partition coefficient (Wildman–Crippen LogP) is 5.69. The molecule has 4 nitrogen and oxygen atoms in total. The van der Waals surface area contributed by atoms with E-state index in [2.05, 4.69) is 24.0 Å².